The second-order valence-electron chi connectivity index (χ2n) is 6.42. The molecule has 0 aliphatic heterocycles. The lowest BCUT2D eigenvalue weighted by molar-refractivity contribution is -0.139. The lowest BCUT2D eigenvalue weighted by Gasteiger charge is -2.10. The predicted octanol–water partition coefficient (Wildman–Crippen LogP) is 3.14. The summed E-state index contributed by atoms with van der Waals surface area (Å²) >= 11 is 6.15. The predicted molar refractivity (Wildman–Crippen MR) is 117 cm³/mol. The number of benzene rings is 2. The number of aromatic amines is 1. The summed E-state index contributed by atoms with van der Waals surface area (Å²) in [5.74, 6) is -0.294. The summed E-state index contributed by atoms with van der Waals surface area (Å²) in [5, 5.41) is 0.613. The van der Waals surface area contributed by atoms with Crippen molar-refractivity contribution >= 4 is 40.5 Å². The van der Waals surface area contributed by atoms with Crippen LogP contribution in [0.4, 0.5) is 0 Å². The van der Waals surface area contributed by atoms with E-state index in [0.717, 1.165) is 0 Å². The van der Waals surface area contributed by atoms with Crippen molar-refractivity contribution in [3.63, 3.8) is 0 Å². The third kappa shape index (κ3) is 5.06. The molecule has 9 nitrogen and oxygen atoms in total. The van der Waals surface area contributed by atoms with E-state index in [1.807, 2.05) is 0 Å². The molecule has 10 heteroatoms. The van der Waals surface area contributed by atoms with Crippen LogP contribution >= 0.6 is 11.6 Å². The van der Waals surface area contributed by atoms with Crippen LogP contribution in [0, 0.1) is 0 Å². The standard InChI is InChI=1S/C22H19ClN2O7/c1-29-17-9-12(8-15(23)20(17)30-2)4-7-19(26)32-11-18-24-16-10-13(22(28)31-3)5-6-14(16)21(27)25-18/h4-10H,11H2,1-3H3,(H,24,25,27)/b7-4+. The number of H-pyrrole nitrogens is 1. The van der Waals surface area contributed by atoms with Crippen molar-refractivity contribution in [1.82, 2.24) is 9.97 Å². The first-order valence-electron chi connectivity index (χ1n) is 9.24. The van der Waals surface area contributed by atoms with Crippen LogP contribution in [0.5, 0.6) is 11.5 Å². The fourth-order valence-corrected chi connectivity index (χ4v) is 3.18. The highest BCUT2D eigenvalue weighted by molar-refractivity contribution is 6.32. The number of halogens is 1. The first kappa shape index (κ1) is 22.8. The lowest BCUT2D eigenvalue weighted by Crippen LogP contribution is -2.14. The van der Waals surface area contributed by atoms with Crippen LogP contribution in [-0.2, 0) is 20.9 Å². The van der Waals surface area contributed by atoms with E-state index in [4.69, 9.17) is 25.8 Å². The molecule has 3 aromatic rings. The SMILES string of the molecule is COC(=O)c1ccc2c(=O)[nH]c(COC(=O)/C=C/c3cc(Cl)c(OC)c(OC)c3)nc2c1. The highest BCUT2D eigenvalue weighted by Gasteiger charge is 2.12. The summed E-state index contributed by atoms with van der Waals surface area (Å²) in [4.78, 5) is 42.8. The maximum atomic E-state index is 12.2. The molecule has 0 atom stereocenters. The van der Waals surface area contributed by atoms with E-state index in [0.29, 0.717) is 22.1 Å². The largest absolute Gasteiger partial charge is 0.493 e. The fourth-order valence-electron chi connectivity index (χ4n) is 2.89. The normalized spacial score (nSPS) is 10.9. The van der Waals surface area contributed by atoms with Gasteiger partial charge >= 0.3 is 11.9 Å². The highest BCUT2D eigenvalue weighted by atomic mass is 35.5. The third-order valence-corrected chi connectivity index (χ3v) is 4.68. The number of aromatic nitrogens is 2. The van der Waals surface area contributed by atoms with Crippen LogP contribution in [0.2, 0.25) is 5.02 Å². The molecule has 166 valence electrons. The number of hydrogen-bond acceptors (Lipinski definition) is 8. The molecule has 0 spiro atoms. The molecule has 0 aliphatic carbocycles. The van der Waals surface area contributed by atoms with Gasteiger partial charge in [0.15, 0.2) is 11.5 Å². The van der Waals surface area contributed by atoms with Gasteiger partial charge in [0, 0.05) is 6.08 Å². The number of esters is 2. The Labute approximate surface area is 187 Å². The van der Waals surface area contributed by atoms with Gasteiger partial charge in [0.1, 0.15) is 12.4 Å². The minimum Gasteiger partial charge on any atom is -0.493 e. The van der Waals surface area contributed by atoms with E-state index < -0.39 is 17.5 Å². The molecular formula is C22H19ClN2O7. The Hall–Kier alpha value is -3.85. The van der Waals surface area contributed by atoms with Crippen LogP contribution in [0.25, 0.3) is 17.0 Å². The number of methoxy groups -OCH3 is 3. The van der Waals surface area contributed by atoms with Crippen molar-refractivity contribution < 1.29 is 28.5 Å². The molecule has 3 rings (SSSR count). The molecule has 1 aromatic heterocycles. The molecule has 2 aromatic carbocycles. The Balaban J connectivity index is 1.73. The molecule has 0 unspecified atom stereocenters. The first-order valence-corrected chi connectivity index (χ1v) is 9.61. The molecule has 0 amide bonds. The van der Waals surface area contributed by atoms with Crippen LogP contribution in [0.1, 0.15) is 21.7 Å². The van der Waals surface area contributed by atoms with Crippen LogP contribution in [-0.4, -0.2) is 43.2 Å². The maximum Gasteiger partial charge on any atom is 0.337 e. The number of fused-ring (bicyclic) bond motifs is 1. The van der Waals surface area contributed by atoms with Crippen molar-refractivity contribution in [2.75, 3.05) is 21.3 Å². The zero-order valence-electron chi connectivity index (χ0n) is 17.4. The maximum absolute atomic E-state index is 12.2. The van der Waals surface area contributed by atoms with E-state index in [9.17, 15) is 14.4 Å². The second kappa shape index (κ2) is 9.97. The van der Waals surface area contributed by atoms with Crippen LogP contribution < -0.4 is 15.0 Å². The van der Waals surface area contributed by atoms with Gasteiger partial charge in [-0.05, 0) is 42.0 Å². The summed E-state index contributed by atoms with van der Waals surface area (Å²) in [6, 6.07) is 7.63. The molecule has 1 heterocycles. The van der Waals surface area contributed by atoms with Crippen molar-refractivity contribution in [1.29, 1.82) is 0 Å². The highest BCUT2D eigenvalue weighted by Crippen LogP contribution is 2.36. The number of carbonyl (C=O) groups excluding carboxylic acids is 2. The Morgan fingerprint density at radius 3 is 2.59 bits per heavy atom. The van der Waals surface area contributed by atoms with Gasteiger partial charge in [-0.25, -0.2) is 14.6 Å². The number of carbonyl (C=O) groups is 2. The molecule has 0 radical (unpaired) electrons. The Morgan fingerprint density at radius 2 is 1.91 bits per heavy atom. The van der Waals surface area contributed by atoms with Crippen molar-refractivity contribution in [3.05, 3.63) is 68.7 Å². The molecule has 0 bridgehead atoms. The van der Waals surface area contributed by atoms with E-state index >= 15 is 0 Å². The van der Waals surface area contributed by atoms with Crippen molar-refractivity contribution in [3.8, 4) is 11.5 Å². The average molecular weight is 459 g/mol. The van der Waals surface area contributed by atoms with Gasteiger partial charge < -0.3 is 23.9 Å². The summed E-state index contributed by atoms with van der Waals surface area (Å²) in [6.45, 7) is -0.274. The van der Waals surface area contributed by atoms with Gasteiger partial charge in [-0.2, -0.15) is 0 Å². The van der Waals surface area contributed by atoms with Gasteiger partial charge in [-0.3, -0.25) is 4.79 Å². The molecule has 32 heavy (non-hydrogen) atoms. The topological polar surface area (TPSA) is 117 Å². The summed E-state index contributed by atoms with van der Waals surface area (Å²) in [7, 11) is 4.20. The molecule has 0 saturated carbocycles. The summed E-state index contributed by atoms with van der Waals surface area (Å²) in [6.07, 6.45) is 2.70. The van der Waals surface area contributed by atoms with Crippen LogP contribution in [0.3, 0.4) is 0 Å². The zero-order chi connectivity index (χ0) is 23.3. The van der Waals surface area contributed by atoms with Gasteiger partial charge in [0.05, 0.1) is 42.8 Å². The van der Waals surface area contributed by atoms with Gasteiger partial charge in [-0.1, -0.05) is 11.6 Å². The van der Waals surface area contributed by atoms with Gasteiger partial charge in [0.2, 0.25) is 0 Å². The number of nitrogens with zero attached hydrogens (tertiary/aromatic N) is 1. The average Bonchev–Trinajstić information content (AvgIpc) is 2.80. The quantitative estimate of drug-likeness (QED) is 0.424. The van der Waals surface area contributed by atoms with Gasteiger partial charge in [-0.15, -0.1) is 0 Å². The van der Waals surface area contributed by atoms with E-state index in [2.05, 4.69) is 14.7 Å². The minimum absolute atomic E-state index is 0.125. The Morgan fingerprint density at radius 1 is 1.12 bits per heavy atom. The monoisotopic (exact) mass is 458 g/mol. The third-order valence-electron chi connectivity index (χ3n) is 4.40. The molecule has 1 N–H and O–H groups in total. The number of hydrogen-bond donors (Lipinski definition) is 1. The summed E-state index contributed by atoms with van der Waals surface area (Å²) < 4.78 is 20.2. The fraction of sp³-hybridized carbons (Fsp3) is 0.182. The molecule has 0 aliphatic rings. The second-order valence-corrected chi connectivity index (χ2v) is 6.82. The lowest BCUT2D eigenvalue weighted by atomic mass is 10.1. The summed E-state index contributed by atoms with van der Waals surface area (Å²) in [5.41, 5.74) is 0.695. The van der Waals surface area contributed by atoms with E-state index in [-0.39, 0.29) is 28.9 Å². The van der Waals surface area contributed by atoms with E-state index in [1.165, 1.54) is 51.7 Å². The number of nitrogens with one attached hydrogen (secondary N) is 1. The number of rotatable bonds is 7. The zero-order valence-corrected chi connectivity index (χ0v) is 18.2. The van der Waals surface area contributed by atoms with Crippen molar-refractivity contribution in [2.24, 2.45) is 0 Å². The smallest absolute Gasteiger partial charge is 0.337 e. The Bertz CT molecular complexity index is 1270. The minimum atomic E-state index is -0.665. The molecule has 0 fully saturated rings. The van der Waals surface area contributed by atoms with Gasteiger partial charge in [0.25, 0.3) is 5.56 Å². The number of ether oxygens (including phenoxy) is 4. The van der Waals surface area contributed by atoms with E-state index in [1.54, 1.807) is 12.1 Å². The Kier molecular flexibility index (Phi) is 7.11. The first-order chi connectivity index (χ1) is 15.4. The molecular weight excluding hydrogens is 440 g/mol. The van der Waals surface area contributed by atoms with Crippen LogP contribution in [0.15, 0.2) is 41.2 Å². The molecule has 0 saturated heterocycles. The van der Waals surface area contributed by atoms with Crippen molar-refractivity contribution in [2.45, 2.75) is 6.61 Å².